The molecule has 0 unspecified atom stereocenters. The Balaban J connectivity index is 2.25. The third-order valence-corrected chi connectivity index (χ3v) is 2.04. The minimum Gasteiger partial charge on any atom is -0.392 e. The van der Waals surface area contributed by atoms with E-state index in [-0.39, 0.29) is 12.4 Å². The van der Waals surface area contributed by atoms with Crippen LogP contribution in [-0.4, -0.2) is 11.7 Å². The second-order valence-corrected chi connectivity index (χ2v) is 3.17. The van der Waals surface area contributed by atoms with Gasteiger partial charge in [0, 0.05) is 0 Å². The van der Waals surface area contributed by atoms with Gasteiger partial charge in [-0.25, -0.2) is 4.39 Å². The smallest absolute Gasteiger partial charge is 0.0982 e. The molecule has 0 bridgehead atoms. The third kappa shape index (κ3) is 4.19. The molecule has 2 heteroatoms. The topological polar surface area (TPSA) is 20.2 Å². The number of hydrogen-bond donors (Lipinski definition) is 1. The van der Waals surface area contributed by atoms with E-state index in [9.17, 15) is 4.39 Å². The highest BCUT2D eigenvalue weighted by molar-refractivity contribution is 5.14. The first-order valence-corrected chi connectivity index (χ1v) is 4.82. The largest absolute Gasteiger partial charge is 0.392 e. The first kappa shape index (κ1) is 10.9. The zero-order valence-electron chi connectivity index (χ0n) is 8.12. The Morgan fingerprint density at radius 1 is 1.29 bits per heavy atom. The van der Waals surface area contributed by atoms with Gasteiger partial charge in [-0.2, -0.15) is 0 Å². The van der Waals surface area contributed by atoms with E-state index in [1.807, 2.05) is 30.3 Å². The Labute approximate surface area is 83.9 Å². The van der Waals surface area contributed by atoms with Crippen LogP contribution in [0.25, 0.3) is 0 Å². The molecular weight excluding hydrogens is 179 g/mol. The summed E-state index contributed by atoms with van der Waals surface area (Å²) in [5.74, 6) is -0.219. The van der Waals surface area contributed by atoms with Gasteiger partial charge in [0.25, 0.3) is 0 Å². The number of aliphatic hydroxyl groups excluding tert-OH is 1. The SMILES string of the molecule is OC/C=C(\F)CCCc1ccccc1. The highest BCUT2D eigenvalue weighted by Gasteiger charge is 1.95. The van der Waals surface area contributed by atoms with Gasteiger partial charge in [0.2, 0.25) is 0 Å². The van der Waals surface area contributed by atoms with E-state index < -0.39 is 0 Å². The number of aryl methyl sites for hydroxylation is 1. The van der Waals surface area contributed by atoms with Crippen molar-refractivity contribution >= 4 is 0 Å². The molecule has 0 aliphatic rings. The van der Waals surface area contributed by atoms with Crippen molar-refractivity contribution in [3.63, 3.8) is 0 Å². The maximum absolute atomic E-state index is 12.8. The summed E-state index contributed by atoms with van der Waals surface area (Å²) in [5, 5.41) is 8.44. The summed E-state index contributed by atoms with van der Waals surface area (Å²) >= 11 is 0. The molecule has 0 atom stereocenters. The fourth-order valence-electron chi connectivity index (χ4n) is 1.31. The van der Waals surface area contributed by atoms with Gasteiger partial charge in [0.05, 0.1) is 12.4 Å². The first-order valence-electron chi connectivity index (χ1n) is 4.82. The second-order valence-electron chi connectivity index (χ2n) is 3.17. The molecule has 0 heterocycles. The zero-order valence-corrected chi connectivity index (χ0v) is 8.12. The first-order chi connectivity index (χ1) is 6.83. The standard InChI is InChI=1S/C12H15FO/c13-12(9-10-14)8-4-7-11-5-2-1-3-6-11/h1-3,5-6,9,14H,4,7-8,10H2/b12-9-. The quantitative estimate of drug-likeness (QED) is 0.764. The van der Waals surface area contributed by atoms with Crippen LogP contribution < -0.4 is 0 Å². The van der Waals surface area contributed by atoms with Crippen molar-refractivity contribution < 1.29 is 9.50 Å². The van der Waals surface area contributed by atoms with Gasteiger partial charge in [0.1, 0.15) is 0 Å². The predicted molar refractivity (Wildman–Crippen MR) is 55.7 cm³/mol. The minimum absolute atomic E-state index is 0.211. The number of allylic oxidation sites excluding steroid dienone is 1. The van der Waals surface area contributed by atoms with Crippen molar-refractivity contribution in [3.8, 4) is 0 Å². The molecule has 0 amide bonds. The Hall–Kier alpha value is -1.15. The molecule has 0 aliphatic carbocycles. The van der Waals surface area contributed by atoms with Crippen LogP contribution in [0.4, 0.5) is 4.39 Å². The fourth-order valence-corrected chi connectivity index (χ4v) is 1.31. The molecular formula is C12H15FO. The molecule has 1 aromatic rings. The lowest BCUT2D eigenvalue weighted by Crippen LogP contribution is -1.86. The highest BCUT2D eigenvalue weighted by Crippen LogP contribution is 2.10. The summed E-state index contributed by atoms with van der Waals surface area (Å²) in [5.41, 5.74) is 1.23. The van der Waals surface area contributed by atoms with E-state index in [4.69, 9.17) is 5.11 Å². The Morgan fingerprint density at radius 3 is 2.64 bits per heavy atom. The summed E-state index contributed by atoms with van der Waals surface area (Å²) in [6.07, 6.45) is 3.29. The van der Waals surface area contributed by atoms with Gasteiger partial charge in [0.15, 0.2) is 0 Å². The maximum Gasteiger partial charge on any atom is 0.0982 e. The highest BCUT2D eigenvalue weighted by atomic mass is 19.1. The molecule has 0 aromatic heterocycles. The van der Waals surface area contributed by atoms with Crippen LogP contribution in [-0.2, 0) is 6.42 Å². The molecule has 1 N–H and O–H groups in total. The summed E-state index contributed by atoms with van der Waals surface area (Å²) in [7, 11) is 0. The Bertz CT molecular complexity index is 280. The zero-order chi connectivity index (χ0) is 10.2. The van der Waals surface area contributed by atoms with E-state index in [2.05, 4.69) is 0 Å². The lowest BCUT2D eigenvalue weighted by Gasteiger charge is -1.99. The minimum atomic E-state index is -0.219. The molecule has 76 valence electrons. The van der Waals surface area contributed by atoms with Gasteiger partial charge >= 0.3 is 0 Å². The van der Waals surface area contributed by atoms with E-state index >= 15 is 0 Å². The van der Waals surface area contributed by atoms with Crippen LogP contribution in [0.15, 0.2) is 42.2 Å². The number of hydrogen-bond acceptors (Lipinski definition) is 1. The summed E-state index contributed by atoms with van der Waals surface area (Å²) < 4.78 is 12.8. The number of benzene rings is 1. The van der Waals surface area contributed by atoms with Gasteiger partial charge in [-0.15, -0.1) is 0 Å². The van der Waals surface area contributed by atoms with Crippen LogP contribution in [0.2, 0.25) is 0 Å². The van der Waals surface area contributed by atoms with Gasteiger partial charge < -0.3 is 5.11 Å². The summed E-state index contributed by atoms with van der Waals surface area (Å²) in [6.45, 7) is -0.211. The predicted octanol–water partition coefficient (Wildman–Crippen LogP) is 2.86. The molecule has 0 saturated carbocycles. The molecule has 0 fully saturated rings. The van der Waals surface area contributed by atoms with Crippen LogP contribution in [0.5, 0.6) is 0 Å². The third-order valence-electron chi connectivity index (χ3n) is 2.04. The van der Waals surface area contributed by atoms with Crippen LogP contribution in [0.3, 0.4) is 0 Å². The van der Waals surface area contributed by atoms with Crippen LogP contribution in [0, 0.1) is 0 Å². The lowest BCUT2D eigenvalue weighted by molar-refractivity contribution is 0.338. The molecule has 14 heavy (non-hydrogen) atoms. The lowest BCUT2D eigenvalue weighted by atomic mass is 10.1. The van der Waals surface area contributed by atoms with E-state index in [0.29, 0.717) is 6.42 Å². The van der Waals surface area contributed by atoms with Crippen molar-refractivity contribution in [2.24, 2.45) is 0 Å². The Morgan fingerprint density at radius 2 is 2.00 bits per heavy atom. The number of halogens is 1. The number of rotatable bonds is 5. The van der Waals surface area contributed by atoms with Crippen molar-refractivity contribution in [2.45, 2.75) is 19.3 Å². The maximum atomic E-state index is 12.8. The fraction of sp³-hybridized carbons (Fsp3) is 0.333. The molecule has 0 saturated heterocycles. The summed E-state index contributed by atoms with van der Waals surface area (Å²) in [6, 6.07) is 10.0. The molecule has 0 spiro atoms. The van der Waals surface area contributed by atoms with E-state index in [1.54, 1.807) is 0 Å². The van der Waals surface area contributed by atoms with Gasteiger partial charge in [-0.1, -0.05) is 30.3 Å². The average Bonchev–Trinajstić information content (AvgIpc) is 2.20. The molecule has 1 nitrogen and oxygen atoms in total. The van der Waals surface area contributed by atoms with Crippen molar-refractivity contribution in [3.05, 3.63) is 47.8 Å². The average molecular weight is 194 g/mol. The van der Waals surface area contributed by atoms with Crippen molar-refractivity contribution in [1.29, 1.82) is 0 Å². The molecule has 1 aromatic carbocycles. The van der Waals surface area contributed by atoms with Crippen LogP contribution in [0.1, 0.15) is 18.4 Å². The monoisotopic (exact) mass is 194 g/mol. The van der Waals surface area contributed by atoms with Gasteiger partial charge in [-0.05, 0) is 30.9 Å². The number of aliphatic hydroxyl groups is 1. The Kier molecular flexibility index (Phi) is 4.94. The van der Waals surface area contributed by atoms with Gasteiger partial charge in [-0.3, -0.25) is 0 Å². The molecule has 0 aliphatic heterocycles. The molecule has 0 radical (unpaired) electrons. The second kappa shape index (κ2) is 6.33. The van der Waals surface area contributed by atoms with Crippen molar-refractivity contribution in [2.75, 3.05) is 6.61 Å². The summed E-state index contributed by atoms with van der Waals surface area (Å²) in [4.78, 5) is 0. The van der Waals surface area contributed by atoms with Crippen molar-refractivity contribution in [1.82, 2.24) is 0 Å². The van der Waals surface area contributed by atoms with Crippen LogP contribution >= 0.6 is 0 Å². The van der Waals surface area contributed by atoms with E-state index in [1.165, 1.54) is 11.6 Å². The normalized spacial score (nSPS) is 11.7. The molecule has 1 rings (SSSR count). The van der Waals surface area contributed by atoms with E-state index in [0.717, 1.165) is 12.8 Å².